The molecule has 0 unspecified atom stereocenters. The standard InChI is InChI=1S/C16H27N5O2/c1-2-18-16(19-8-11-21-9-4-3-5-10-21)20-12-13-6-7-14(23-13)15(17)22/h6-7H,2-5,8-12H2,1H3,(H2,17,22)(H2,18,19,20). The summed E-state index contributed by atoms with van der Waals surface area (Å²) in [6.45, 7) is 7.45. The van der Waals surface area contributed by atoms with Gasteiger partial charge in [0.25, 0.3) is 5.91 Å². The molecule has 0 radical (unpaired) electrons. The Morgan fingerprint density at radius 3 is 2.74 bits per heavy atom. The summed E-state index contributed by atoms with van der Waals surface area (Å²) in [5.41, 5.74) is 5.17. The molecule has 0 bridgehead atoms. The molecule has 7 heteroatoms. The summed E-state index contributed by atoms with van der Waals surface area (Å²) in [5, 5.41) is 6.54. The highest BCUT2D eigenvalue weighted by Crippen LogP contribution is 2.08. The molecule has 1 aliphatic heterocycles. The number of nitrogens with one attached hydrogen (secondary N) is 2. The molecule has 7 nitrogen and oxygen atoms in total. The molecule has 128 valence electrons. The first-order chi connectivity index (χ1) is 11.2. The third-order valence-corrected chi connectivity index (χ3v) is 3.81. The lowest BCUT2D eigenvalue weighted by molar-refractivity contribution is 0.0972. The van der Waals surface area contributed by atoms with Crippen LogP contribution in [0.5, 0.6) is 0 Å². The van der Waals surface area contributed by atoms with Crippen molar-refractivity contribution in [2.75, 3.05) is 32.7 Å². The van der Waals surface area contributed by atoms with Gasteiger partial charge in [-0.1, -0.05) is 6.42 Å². The Kier molecular flexibility index (Phi) is 6.93. The Morgan fingerprint density at radius 1 is 1.30 bits per heavy atom. The maximum Gasteiger partial charge on any atom is 0.284 e. The van der Waals surface area contributed by atoms with Gasteiger partial charge >= 0.3 is 0 Å². The maximum atomic E-state index is 11.0. The molecular formula is C16H27N5O2. The zero-order valence-electron chi connectivity index (χ0n) is 13.8. The largest absolute Gasteiger partial charge is 0.454 e. The summed E-state index contributed by atoms with van der Waals surface area (Å²) < 4.78 is 5.33. The van der Waals surface area contributed by atoms with Crippen LogP contribution in [0.2, 0.25) is 0 Å². The predicted molar refractivity (Wildman–Crippen MR) is 90.3 cm³/mol. The number of rotatable bonds is 7. The van der Waals surface area contributed by atoms with E-state index in [0.29, 0.717) is 12.3 Å². The van der Waals surface area contributed by atoms with E-state index in [0.717, 1.165) is 25.6 Å². The lowest BCUT2D eigenvalue weighted by Gasteiger charge is -2.26. The summed E-state index contributed by atoms with van der Waals surface area (Å²) in [6.07, 6.45) is 3.95. The first-order valence-corrected chi connectivity index (χ1v) is 8.32. The zero-order chi connectivity index (χ0) is 16.5. The van der Waals surface area contributed by atoms with Gasteiger partial charge in [0.2, 0.25) is 0 Å². The van der Waals surface area contributed by atoms with Crippen molar-refractivity contribution in [3.05, 3.63) is 23.7 Å². The summed E-state index contributed by atoms with van der Waals surface area (Å²) >= 11 is 0. The molecule has 4 N–H and O–H groups in total. The third kappa shape index (κ3) is 5.94. The van der Waals surface area contributed by atoms with Crippen LogP contribution in [-0.2, 0) is 6.54 Å². The Morgan fingerprint density at radius 2 is 2.09 bits per heavy atom. The van der Waals surface area contributed by atoms with Crippen molar-refractivity contribution < 1.29 is 9.21 Å². The normalized spacial score (nSPS) is 16.3. The fourth-order valence-electron chi connectivity index (χ4n) is 2.61. The molecule has 0 atom stereocenters. The van der Waals surface area contributed by atoms with Crippen molar-refractivity contribution in [1.29, 1.82) is 0 Å². The van der Waals surface area contributed by atoms with E-state index >= 15 is 0 Å². The van der Waals surface area contributed by atoms with Crippen LogP contribution in [0, 0.1) is 0 Å². The maximum absolute atomic E-state index is 11.0. The van der Waals surface area contributed by atoms with E-state index in [-0.39, 0.29) is 5.76 Å². The Labute approximate surface area is 137 Å². The van der Waals surface area contributed by atoms with Gasteiger partial charge in [0.15, 0.2) is 11.7 Å². The van der Waals surface area contributed by atoms with E-state index in [9.17, 15) is 4.79 Å². The number of carbonyl (C=O) groups excluding carboxylic acids is 1. The molecule has 23 heavy (non-hydrogen) atoms. The number of guanidine groups is 1. The fraction of sp³-hybridized carbons (Fsp3) is 0.625. The first-order valence-electron chi connectivity index (χ1n) is 8.32. The van der Waals surface area contributed by atoms with Crippen molar-refractivity contribution in [2.45, 2.75) is 32.7 Å². The van der Waals surface area contributed by atoms with E-state index in [1.165, 1.54) is 32.4 Å². The van der Waals surface area contributed by atoms with Gasteiger partial charge in [-0.05, 0) is 45.0 Å². The topological polar surface area (TPSA) is 95.9 Å². The lowest BCUT2D eigenvalue weighted by Crippen LogP contribution is -2.42. The second-order valence-corrected chi connectivity index (χ2v) is 5.65. The summed E-state index contributed by atoms with van der Waals surface area (Å²) in [7, 11) is 0. The molecule has 0 spiro atoms. The quantitative estimate of drug-likeness (QED) is 0.513. The second-order valence-electron chi connectivity index (χ2n) is 5.65. The minimum absolute atomic E-state index is 0.165. The fourth-order valence-corrected chi connectivity index (χ4v) is 2.61. The van der Waals surface area contributed by atoms with Gasteiger partial charge in [0.05, 0.1) is 0 Å². The number of aliphatic imine (C=N–C) groups is 1. The average molecular weight is 321 g/mol. The third-order valence-electron chi connectivity index (χ3n) is 3.81. The molecule has 1 aromatic heterocycles. The van der Waals surface area contributed by atoms with Gasteiger partial charge in [0, 0.05) is 19.6 Å². The molecule has 1 fully saturated rings. The average Bonchev–Trinajstić information content (AvgIpc) is 3.03. The summed E-state index contributed by atoms with van der Waals surface area (Å²) in [4.78, 5) is 18.0. The molecule has 0 aliphatic carbocycles. The van der Waals surface area contributed by atoms with E-state index in [4.69, 9.17) is 10.2 Å². The summed E-state index contributed by atoms with van der Waals surface area (Å²) in [6, 6.07) is 3.30. The minimum atomic E-state index is -0.563. The smallest absolute Gasteiger partial charge is 0.284 e. The molecular weight excluding hydrogens is 294 g/mol. The SMILES string of the molecule is CCNC(=NCc1ccc(C(N)=O)o1)NCCN1CCCCC1. The van der Waals surface area contributed by atoms with Gasteiger partial charge < -0.3 is 25.7 Å². The highest BCUT2D eigenvalue weighted by molar-refractivity contribution is 5.89. The van der Waals surface area contributed by atoms with E-state index in [2.05, 4.69) is 20.5 Å². The molecule has 2 heterocycles. The number of hydrogen-bond acceptors (Lipinski definition) is 4. The van der Waals surface area contributed by atoms with Crippen LogP contribution in [0.3, 0.4) is 0 Å². The zero-order valence-corrected chi connectivity index (χ0v) is 13.8. The van der Waals surface area contributed by atoms with E-state index in [1.54, 1.807) is 12.1 Å². The molecule has 1 aromatic rings. The van der Waals surface area contributed by atoms with Crippen LogP contribution in [0.4, 0.5) is 0 Å². The van der Waals surface area contributed by atoms with Crippen molar-refractivity contribution in [3.8, 4) is 0 Å². The molecule has 0 aromatic carbocycles. The number of nitrogens with two attached hydrogens (primary N) is 1. The summed E-state index contributed by atoms with van der Waals surface area (Å²) in [5.74, 6) is 0.971. The monoisotopic (exact) mass is 321 g/mol. The first kappa shape index (κ1) is 17.3. The molecule has 2 rings (SSSR count). The molecule has 1 amide bonds. The molecule has 1 aliphatic rings. The number of nitrogens with zero attached hydrogens (tertiary/aromatic N) is 2. The van der Waals surface area contributed by atoms with Gasteiger partial charge in [0.1, 0.15) is 12.3 Å². The van der Waals surface area contributed by atoms with Crippen LogP contribution < -0.4 is 16.4 Å². The number of furan rings is 1. The lowest BCUT2D eigenvalue weighted by atomic mass is 10.1. The van der Waals surface area contributed by atoms with E-state index in [1.807, 2.05) is 6.92 Å². The number of primary amides is 1. The highest BCUT2D eigenvalue weighted by atomic mass is 16.3. The van der Waals surface area contributed by atoms with Crippen LogP contribution in [0.1, 0.15) is 42.5 Å². The highest BCUT2D eigenvalue weighted by Gasteiger charge is 2.10. The van der Waals surface area contributed by atoms with Crippen molar-refractivity contribution in [3.63, 3.8) is 0 Å². The number of piperidine rings is 1. The van der Waals surface area contributed by atoms with E-state index < -0.39 is 5.91 Å². The van der Waals surface area contributed by atoms with Crippen LogP contribution in [0.25, 0.3) is 0 Å². The van der Waals surface area contributed by atoms with Gasteiger partial charge in [-0.3, -0.25) is 4.79 Å². The second kappa shape index (κ2) is 9.19. The Hall–Kier alpha value is -2.02. The van der Waals surface area contributed by atoms with Crippen LogP contribution in [0.15, 0.2) is 21.5 Å². The van der Waals surface area contributed by atoms with Crippen LogP contribution in [-0.4, -0.2) is 49.5 Å². The number of carbonyl (C=O) groups is 1. The van der Waals surface area contributed by atoms with Crippen molar-refractivity contribution in [1.82, 2.24) is 15.5 Å². The minimum Gasteiger partial charge on any atom is -0.454 e. The molecule has 0 saturated carbocycles. The van der Waals surface area contributed by atoms with Crippen LogP contribution >= 0.6 is 0 Å². The number of amides is 1. The Bertz CT molecular complexity index is 520. The predicted octanol–water partition coefficient (Wildman–Crippen LogP) is 0.920. The van der Waals surface area contributed by atoms with Crippen molar-refractivity contribution >= 4 is 11.9 Å². The number of likely N-dealkylation sites (tertiary alicyclic amines) is 1. The van der Waals surface area contributed by atoms with Gasteiger partial charge in [-0.2, -0.15) is 0 Å². The van der Waals surface area contributed by atoms with Gasteiger partial charge in [-0.15, -0.1) is 0 Å². The Balaban J connectivity index is 1.79. The number of hydrogen-bond donors (Lipinski definition) is 3. The molecule has 1 saturated heterocycles. The van der Waals surface area contributed by atoms with Gasteiger partial charge in [-0.25, -0.2) is 4.99 Å². The van der Waals surface area contributed by atoms with Crippen molar-refractivity contribution in [2.24, 2.45) is 10.7 Å².